The van der Waals surface area contributed by atoms with Gasteiger partial charge >= 0.3 is 0 Å². The molecule has 0 aromatic carbocycles. The van der Waals surface area contributed by atoms with E-state index >= 15 is 0 Å². The number of nitrogens with zero attached hydrogens (tertiary/aromatic N) is 18. The number of nitrogens with two attached hydrogens (primary N) is 1. The normalized spacial score (nSPS) is 11.7. The van der Waals surface area contributed by atoms with Gasteiger partial charge in [-0.05, 0) is 142 Å². The Morgan fingerprint density at radius 3 is 1.44 bits per heavy atom. The number of hydrogen-bond acceptors (Lipinski definition) is 16. The molecular formula is C60H64Cl6N20S. The summed E-state index contributed by atoms with van der Waals surface area (Å²) in [6, 6.07) is 16.4. The van der Waals surface area contributed by atoms with Crippen LogP contribution in [0, 0.1) is 57.2 Å². The molecule has 20 nitrogen and oxygen atoms in total. The Hall–Kier alpha value is -7.36. The molecule has 0 saturated heterocycles. The summed E-state index contributed by atoms with van der Waals surface area (Å²) in [5, 5.41) is 43.0. The average molecular weight is 1310 g/mol. The van der Waals surface area contributed by atoms with Crippen LogP contribution >= 0.6 is 81.4 Å². The number of halogens is 6. The zero-order chi connectivity index (χ0) is 63.8. The molecule has 9 aromatic heterocycles. The highest BCUT2D eigenvalue weighted by molar-refractivity contribution is 8.13. The highest BCUT2D eigenvalue weighted by Crippen LogP contribution is 2.30. The monoisotopic (exact) mass is 1310 g/mol. The van der Waals surface area contributed by atoms with Crippen molar-refractivity contribution in [2.24, 2.45) is 42.0 Å². The average Bonchev–Trinajstić information content (AvgIpc) is 1.74. The Bertz CT molecular complexity index is 4120. The van der Waals surface area contributed by atoms with Crippen molar-refractivity contribution in [3.8, 4) is 12.4 Å². The third-order valence-corrected chi connectivity index (χ3v) is 15.1. The molecule has 87 heavy (non-hydrogen) atoms. The fourth-order valence-corrected chi connectivity index (χ4v) is 11.4. The highest BCUT2D eigenvalue weighted by Gasteiger charge is 2.19. The summed E-state index contributed by atoms with van der Waals surface area (Å²) in [5.74, 6) is 0.814. The van der Waals surface area contributed by atoms with Gasteiger partial charge in [0, 0.05) is 85.9 Å². The second-order valence-corrected chi connectivity index (χ2v) is 23.7. The topological polar surface area (TPSA) is 258 Å². The van der Waals surface area contributed by atoms with Crippen molar-refractivity contribution < 1.29 is 0 Å². The number of nitriles is 2. The zero-order valence-electron chi connectivity index (χ0n) is 50.1. The van der Waals surface area contributed by atoms with E-state index in [-0.39, 0.29) is 10.3 Å². The van der Waals surface area contributed by atoms with E-state index in [1.807, 2.05) is 57.5 Å². The Kier molecular flexibility index (Phi) is 25.3. The molecule has 0 atom stereocenters. The van der Waals surface area contributed by atoms with Crippen LogP contribution in [0.25, 0.3) is 38.1 Å². The van der Waals surface area contributed by atoms with E-state index in [0.717, 1.165) is 90.0 Å². The SMILES string of the molecule is CSC(=Nc1cc(Cl)nc(Cl)c1)NC#N.Cc1nn(C)c2nc(CCC(Cc3cc(Cl)nc(Cl)c3)=NC#N)cc(C(C)C)c12.Cc1nn(C)c2nc(CN)cc(C(C)C)c12.[C-]#[N+]/N=C(\CCc1cc(C)c2c(C)nn(C)c2n1)Cc1cc(Cl)nc(Cl)c1. The molecule has 0 aliphatic heterocycles. The molecule has 0 amide bonds. The molecule has 9 aromatic rings. The molecule has 0 bridgehead atoms. The fourth-order valence-electron chi connectivity index (χ4n) is 9.62. The summed E-state index contributed by atoms with van der Waals surface area (Å²) in [7, 11) is 5.73. The first-order chi connectivity index (χ1) is 41.3. The summed E-state index contributed by atoms with van der Waals surface area (Å²) in [6.07, 6.45) is 9.05. The Morgan fingerprint density at radius 1 is 0.609 bits per heavy atom. The minimum absolute atomic E-state index is 0.263. The van der Waals surface area contributed by atoms with Gasteiger partial charge in [0.15, 0.2) is 28.3 Å². The summed E-state index contributed by atoms with van der Waals surface area (Å²) in [6.45, 7) is 24.4. The van der Waals surface area contributed by atoms with Crippen LogP contribution < -0.4 is 11.1 Å². The molecule has 0 aliphatic rings. The number of rotatable bonds is 14. The molecule has 452 valence electrons. The number of fused-ring (bicyclic) bond motifs is 3. The van der Waals surface area contributed by atoms with Crippen molar-refractivity contribution in [3.05, 3.63) is 159 Å². The van der Waals surface area contributed by atoms with E-state index in [1.54, 1.807) is 53.5 Å². The minimum Gasteiger partial charge on any atom is -0.325 e. The Balaban J connectivity index is 0.000000193. The van der Waals surface area contributed by atoms with Crippen molar-refractivity contribution in [3.63, 3.8) is 0 Å². The van der Waals surface area contributed by atoms with Gasteiger partial charge in [-0.15, -0.1) is 4.95 Å². The second-order valence-electron chi connectivity index (χ2n) is 20.5. The zero-order valence-corrected chi connectivity index (χ0v) is 55.5. The number of aromatic nitrogens is 12. The maximum atomic E-state index is 9.09. The predicted molar refractivity (Wildman–Crippen MR) is 354 cm³/mol. The standard InChI is InChI=1S/C21H22Cl2N6.C19H18Cl2N6.C12H18N4.C8H6Cl2N4S/c1-12(2)17-10-16(26-21-20(17)13(3)28-29(21)4)6-5-15(25-11-24)7-14-8-18(22)27-19(23)9-14;1-11-7-14(23-19-18(11)12(2)26-27(19)4)5-6-15(25-22-3)8-13-9-16(20)24-17(21)10-13;1-7(2)10-5-9(6-13)14-12-11(10)8(3)15-16(12)4;1-15-8(12-4-11)13-5-2-6(9)14-7(10)3-5/h8-10,12H,5-7H2,1-4H3;7,9-10H,5-6,8H2,1-2,4H3;5,7H,6,13H2,1-4H3;2-3H,1H3,(H,12,13,14)/b;25-15+;;. The molecule has 0 aliphatic carbocycles. The van der Waals surface area contributed by atoms with Gasteiger partial charge < -0.3 is 5.73 Å². The number of amidine groups is 1. The number of nitrogens with one attached hydrogen (secondary N) is 1. The fraction of sp³-hybridized carbons (Fsp3) is 0.350. The molecule has 0 saturated carbocycles. The van der Waals surface area contributed by atoms with Crippen LogP contribution in [-0.2, 0) is 53.4 Å². The van der Waals surface area contributed by atoms with Crippen LogP contribution in [-0.4, -0.2) is 82.1 Å². The van der Waals surface area contributed by atoms with E-state index < -0.39 is 0 Å². The largest absolute Gasteiger partial charge is 0.325 e. The number of thioether (sulfide) groups is 1. The summed E-state index contributed by atoms with van der Waals surface area (Å²) in [5.41, 5.74) is 21.7. The lowest BCUT2D eigenvalue weighted by Crippen LogP contribution is -2.12. The molecular weight excluding hydrogens is 1250 g/mol. The number of aliphatic imine (C=N–C) groups is 2. The smallest absolute Gasteiger partial charge is 0.205 e. The third kappa shape index (κ3) is 19.1. The Morgan fingerprint density at radius 2 is 1.01 bits per heavy atom. The molecule has 0 unspecified atom stereocenters. The first-order valence-electron chi connectivity index (χ1n) is 27.1. The highest BCUT2D eigenvalue weighted by atomic mass is 35.5. The van der Waals surface area contributed by atoms with Crippen molar-refractivity contribution in [2.75, 3.05) is 6.26 Å². The van der Waals surface area contributed by atoms with Crippen LogP contribution in [0.15, 0.2) is 69.7 Å². The van der Waals surface area contributed by atoms with Crippen LogP contribution in [0.4, 0.5) is 5.69 Å². The molecule has 0 spiro atoms. The van der Waals surface area contributed by atoms with Crippen molar-refractivity contribution in [1.82, 2.24) is 64.6 Å². The number of pyridine rings is 6. The number of aryl methyl sites for hydroxylation is 9. The first kappa shape index (κ1) is 68.7. The van der Waals surface area contributed by atoms with E-state index in [4.69, 9.17) is 102 Å². The molecule has 0 fully saturated rings. The first-order valence-corrected chi connectivity index (χ1v) is 30.6. The van der Waals surface area contributed by atoms with Crippen LogP contribution in [0.2, 0.25) is 30.9 Å². The lowest BCUT2D eigenvalue weighted by molar-refractivity contribution is 0.769. The molecule has 0 radical (unpaired) electrons. The summed E-state index contributed by atoms with van der Waals surface area (Å²) >= 11 is 36.6. The van der Waals surface area contributed by atoms with E-state index in [9.17, 15) is 0 Å². The van der Waals surface area contributed by atoms with E-state index in [1.165, 1.54) is 28.3 Å². The van der Waals surface area contributed by atoms with Crippen molar-refractivity contribution >= 4 is 137 Å². The molecule has 27 heteroatoms. The maximum Gasteiger partial charge on any atom is 0.205 e. The van der Waals surface area contributed by atoms with Gasteiger partial charge in [0.2, 0.25) is 6.19 Å². The van der Waals surface area contributed by atoms with Gasteiger partial charge in [0.1, 0.15) is 36.6 Å². The van der Waals surface area contributed by atoms with Gasteiger partial charge in [-0.25, -0.2) is 34.9 Å². The quantitative estimate of drug-likeness (QED) is 0.0195. The van der Waals surface area contributed by atoms with Crippen molar-refractivity contribution in [1.29, 1.82) is 10.5 Å². The van der Waals surface area contributed by atoms with E-state index in [2.05, 4.69) is 113 Å². The summed E-state index contributed by atoms with van der Waals surface area (Å²) in [4.78, 5) is 37.1. The minimum atomic E-state index is 0.263. The number of hydrogen-bond donors (Lipinski definition) is 2. The van der Waals surface area contributed by atoms with Crippen LogP contribution in [0.3, 0.4) is 0 Å². The third-order valence-electron chi connectivity index (χ3n) is 13.3. The van der Waals surface area contributed by atoms with Crippen LogP contribution in [0.5, 0.6) is 0 Å². The molecule has 9 rings (SSSR count). The van der Waals surface area contributed by atoms with Gasteiger partial charge in [-0.3, -0.25) is 19.4 Å². The molecule has 3 N–H and O–H groups in total. The van der Waals surface area contributed by atoms with Crippen molar-refractivity contribution in [2.45, 2.75) is 112 Å². The lowest BCUT2D eigenvalue weighted by atomic mass is 9.97. The van der Waals surface area contributed by atoms with E-state index in [0.29, 0.717) is 88.4 Å². The second kappa shape index (κ2) is 32.0. The van der Waals surface area contributed by atoms with Crippen LogP contribution in [0.1, 0.15) is 114 Å². The van der Waals surface area contributed by atoms with Gasteiger partial charge in [0.25, 0.3) is 0 Å². The van der Waals surface area contributed by atoms with Gasteiger partial charge in [-0.2, -0.15) is 37.4 Å². The maximum absolute atomic E-state index is 9.09. The predicted octanol–water partition coefficient (Wildman–Crippen LogP) is 14.6. The van der Waals surface area contributed by atoms with Gasteiger partial charge in [0.05, 0.1) is 33.6 Å². The summed E-state index contributed by atoms with van der Waals surface area (Å²) < 4.78 is 5.46. The Labute approximate surface area is 540 Å². The lowest BCUT2D eigenvalue weighted by Gasteiger charge is -2.11. The van der Waals surface area contributed by atoms with Gasteiger partial charge in [-0.1, -0.05) is 109 Å². The molecule has 9 heterocycles.